The molecule has 0 fully saturated rings. The van der Waals surface area contributed by atoms with E-state index in [0.29, 0.717) is 6.54 Å². The van der Waals surface area contributed by atoms with Crippen LogP contribution in [-0.4, -0.2) is 24.0 Å². The molecule has 0 aromatic rings. The molecule has 0 aromatic carbocycles. The summed E-state index contributed by atoms with van der Waals surface area (Å²) in [6.45, 7) is 11.0. The maximum absolute atomic E-state index is 11.5. The van der Waals surface area contributed by atoms with Crippen molar-refractivity contribution in [3.63, 3.8) is 0 Å². The van der Waals surface area contributed by atoms with Gasteiger partial charge in [-0.25, -0.2) is 0 Å². The van der Waals surface area contributed by atoms with E-state index in [-0.39, 0.29) is 17.5 Å². The van der Waals surface area contributed by atoms with Gasteiger partial charge in [0, 0.05) is 11.6 Å². The van der Waals surface area contributed by atoms with Gasteiger partial charge in [0.1, 0.15) is 0 Å². The molecule has 0 aromatic heterocycles. The minimum atomic E-state index is 0.0901. The normalized spacial score (nSPS) is 13.7. The van der Waals surface area contributed by atoms with Crippen molar-refractivity contribution in [1.82, 2.24) is 10.6 Å². The lowest BCUT2D eigenvalue weighted by Gasteiger charge is -2.28. The number of rotatable bonds is 7. The van der Waals surface area contributed by atoms with Crippen LogP contribution in [0.4, 0.5) is 0 Å². The molecule has 0 aliphatic carbocycles. The van der Waals surface area contributed by atoms with Crippen molar-refractivity contribution in [2.45, 2.75) is 65.5 Å². The second-order valence-electron chi connectivity index (χ2n) is 4.50. The molecule has 90 valence electrons. The van der Waals surface area contributed by atoms with Gasteiger partial charge in [-0.05, 0) is 33.1 Å². The minimum Gasteiger partial charge on any atom is -0.353 e. The van der Waals surface area contributed by atoms with E-state index >= 15 is 0 Å². The van der Waals surface area contributed by atoms with Crippen LogP contribution in [0, 0.1) is 0 Å². The van der Waals surface area contributed by atoms with Crippen LogP contribution in [0.25, 0.3) is 0 Å². The molecule has 0 heterocycles. The topological polar surface area (TPSA) is 41.1 Å². The number of carbonyl (C=O) groups is 1. The van der Waals surface area contributed by atoms with Gasteiger partial charge in [-0.1, -0.05) is 20.8 Å². The van der Waals surface area contributed by atoms with E-state index in [9.17, 15) is 4.79 Å². The van der Waals surface area contributed by atoms with Gasteiger partial charge in [-0.2, -0.15) is 0 Å². The predicted octanol–water partition coefficient (Wildman–Crippen LogP) is 2.07. The largest absolute Gasteiger partial charge is 0.353 e. The molecule has 0 saturated carbocycles. The smallest absolute Gasteiger partial charge is 0.234 e. The number of hydrogen-bond acceptors (Lipinski definition) is 2. The Bertz CT molecular complexity index is 188. The summed E-state index contributed by atoms with van der Waals surface area (Å²) >= 11 is 0. The number of amides is 1. The zero-order valence-electron chi connectivity index (χ0n) is 10.8. The second kappa shape index (κ2) is 6.83. The molecule has 3 heteroatoms. The average molecular weight is 214 g/mol. The van der Waals surface area contributed by atoms with Crippen LogP contribution >= 0.6 is 0 Å². The molecule has 0 rings (SSSR count). The first-order valence-electron chi connectivity index (χ1n) is 6.01. The lowest BCUT2D eigenvalue weighted by Crippen LogP contribution is -2.47. The van der Waals surface area contributed by atoms with E-state index < -0.39 is 0 Å². The Labute approximate surface area is 94.0 Å². The monoisotopic (exact) mass is 214 g/mol. The maximum Gasteiger partial charge on any atom is 0.234 e. The quantitative estimate of drug-likeness (QED) is 0.681. The van der Waals surface area contributed by atoms with Crippen molar-refractivity contribution in [2.24, 2.45) is 0 Å². The van der Waals surface area contributed by atoms with Crippen molar-refractivity contribution in [1.29, 1.82) is 0 Å². The Morgan fingerprint density at radius 1 is 1.27 bits per heavy atom. The molecule has 1 unspecified atom stereocenters. The van der Waals surface area contributed by atoms with Gasteiger partial charge in [0.2, 0.25) is 5.91 Å². The van der Waals surface area contributed by atoms with Crippen LogP contribution in [0.15, 0.2) is 0 Å². The van der Waals surface area contributed by atoms with Crippen LogP contribution in [0.2, 0.25) is 0 Å². The molecule has 1 amide bonds. The molecule has 1 atom stereocenters. The lowest BCUT2D eigenvalue weighted by atomic mass is 9.96. The Kier molecular flexibility index (Phi) is 6.57. The molecular formula is C12H26N2O. The van der Waals surface area contributed by atoms with E-state index in [0.717, 1.165) is 19.3 Å². The Balaban J connectivity index is 3.89. The fourth-order valence-corrected chi connectivity index (χ4v) is 1.22. The minimum absolute atomic E-state index is 0.0901. The van der Waals surface area contributed by atoms with E-state index in [1.807, 2.05) is 6.92 Å². The molecule has 0 radical (unpaired) electrons. The number of nitrogens with one attached hydrogen (secondary N) is 2. The van der Waals surface area contributed by atoms with Crippen molar-refractivity contribution >= 4 is 5.91 Å². The summed E-state index contributed by atoms with van der Waals surface area (Å²) in [6.07, 6.45) is 3.06. The van der Waals surface area contributed by atoms with E-state index in [1.165, 1.54) is 0 Å². The summed E-state index contributed by atoms with van der Waals surface area (Å²) in [7, 11) is 0. The molecule has 0 aliphatic rings. The second-order valence-corrected chi connectivity index (χ2v) is 4.50. The summed E-state index contributed by atoms with van der Waals surface area (Å²) in [6, 6.07) is 0.272. The van der Waals surface area contributed by atoms with Crippen LogP contribution < -0.4 is 10.6 Å². The molecule has 15 heavy (non-hydrogen) atoms. The first-order chi connectivity index (χ1) is 6.97. The van der Waals surface area contributed by atoms with Gasteiger partial charge in [-0.3, -0.25) is 4.79 Å². The molecular weight excluding hydrogens is 188 g/mol. The summed E-state index contributed by atoms with van der Waals surface area (Å²) in [5.74, 6) is 0.0949. The summed E-state index contributed by atoms with van der Waals surface area (Å²) < 4.78 is 0. The highest BCUT2D eigenvalue weighted by Gasteiger charge is 2.19. The third-order valence-corrected chi connectivity index (χ3v) is 3.26. The zero-order valence-corrected chi connectivity index (χ0v) is 10.8. The first kappa shape index (κ1) is 14.4. The summed E-state index contributed by atoms with van der Waals surface area (Å²) in [4.78, 5) is 11.5. The maximum atomic E-state index is 11.5. The van der Waals surface area contributed by atoms with Gasteiger partial charge in [0.15, 0.2) is 0 Å². The van der Waals surface area contributed by atoms with Gasteiger partial charge in [0.25, 0.3) is 0 Å². The molecule has 0 spiro atoms. The Hall–Kier alpha value is -0.570. The van der Waals surface area contributed by atoms with Gasteiger partial charge in [0.05, 0.1) is 6.54 Å². The van der Waals surface area contributed by atoms with Crippen molar-refractivity contribution in [3.8, 4) is 0 Å². The first-order valence-corrected chi connectivity index (χ1v) is 6.01. The van der Waals surface area contributed by atoms with Crippen LogP contribution in [0.1, 0.15) is 53.9 Å². The highest BCUT2D eigenvalue weighted by Crippen LogP contribution is 2.12. The fraction of sp³-hybridized carbons (Fsp3) is 0.917. The van der Waals surface area contributed by atoms with E-state index in [4.69, 9.17) is 0 Å². The van der Waals surface area contributed by atoms with E-state index in [2.05, 4.69) is 38.3 Å². The third kappa shape index (κ3) is 5.78. The third-order valence-electron chi connectivity index (χ3n) is 3.26. The standard InChI is InChI=1S/C12H26N2O/c1-6-10(4)14-11(15)9-13-12(5,7-2)8-3/h10,13H,6-9H2,1-5H3,(H,14,15). The van der Waals surface area contributed by atoms with Gasteiger partial charge < -0.3 is 10.6 Å². The van der Waals surface area contributed by atoms with Crippen LogP contribution in [0.5, 0.6) is 0 Å². The summed E-state index contributed by atoms with van der Waals surface area (Å²) in [5, 5.41) is 6.26. The van der Waals surface area contributed by atoms with Crippen molar-refractivity contribution in [3.05, 3.63) is 0 Å². The Morgan fingerprint density at radius 3 is 2.20 bits per heavy atom. The van der Waals surface area contributed by atoms with Crippen molar-refractivity contribution < 1.29 is 4.79 Å². The van der Waals surface area contributed by atoms with Crippen molar-refractivity contribution in [2.75, 3.05) is 6.54 Å². The SMILES string of the molecule is CCC(C)NC(=O)CNC(C)(CC)CC. The molecule has 0 saturated heterocycles. The molecule has 2 N–H and O–H groups in total. The highest BCUT2D eigenvalue weighted by molar-refractivity contribution is 5.78. The summed E-state index contributed by atoms with van der Waals surface area (Å²) in [5.41, 5.74) is 0.0901. The zero-order chi connectivity index (χ0) is 11.9. The molecule has 0 aliphatic heterocycles. The molecule has 0 bridgehead atoms. The van der Waals surface area contributed by atoms with Gasteiger partial charge in [-0.15, -0.1) is 0 Å². The fourth-order valence-electron chi connectivity index (χ4n) is 1.22. The number of hydrogen-bond donors (Lipinski definition) is 2. The lowest BCUT2D eigenvalue weighted by molar-refractivity contribution is -0.121. The van der Waals surface area contributed by atoms with Gasteiger partial charge >= 0.3 is 0 Å². The van der Waals surface area contributed by atoms with Crippen LogP contribution in [-0.2, 0) is 4.79 Å². The average Bonchev–Trinajstić information content (AvgIpc) is 2.25. The molecule has 3 nitrogen and oxygen atoms in total. The van der Waals surface area contributed by atoms with Crippen LogP contribution in [0.3, 0.4) is 0 Å². The Morgan fingerprint density at radius 2 is 1.80 bits per heavy atom. The van der Waals surface area contributed by atoms with E-state index in [1.54, 1.807) is 0 Å². The highest BCUT2D eigenvalue weighted by atomic mass is 16.1. The predicted molar refractivity (Wildman–Crippen MR) is 64.9 cm³/mol. The number of carbonyl (C=O) groups excluding carboxylic acids is 1.